The summed E-state index contributed by atoms with van der Waals surface area (Å²) < 4.78 is 10.3. The molecule has 1 unspecified atom stereocenters. The minimum atomic E-state index is -0.994. The number of rotatable bonds is 6. The predicted molar refractivity (Wildman–Crippen MR) is 70.0 cm³/mol. The largest absolute Gasteiger partial charge is 0.497 e. The average Bonchev–Trinajstić information content (AvgIpc) is 2.35. The van der Waals surface area contributed by atoms with Crippen molar-refractivity contribution in [1.29, 1.82) is 0 Å². The summed E-state index contributed by atoms with van der Waals surface area (Å²) in [6.07, 6.45) is -0.201. The average molecular weight is 266 g/mol. The van der Waals surface area contributed by atoms with Crippen LogP contribution >= 0.6 is 0 Å². The number of hydrogen-bond donors (Lipinski definition) is 1. The van der Waals surface area contributed by atoms with Crippen molar-refractivity contribution >= 4 is 11.8 Å². The first kappa shape index (κ1) is 15.0. The zero-order chi connectivity index (χ0) is 14.6. The van der Waals surface area contributed by atoms with Crippen LogP contribution in [0.2, 0.25) is 0 Å². The number of aryl methyl sites for hydroxylation is 1. The van der Waals surface area contributed by atoms with Gasteiger partial charge in [-0.3, -0.25) is 9.59 Å². The molecule has 0 fully saturated rings. The summed E-state index contributed by atoms with van der Waals surface area (Å²) in [5.74, 6) is -0.834. The van der Waals surface area contributed by atoms with Crippen LogP contribution in [0.3, 0.4) is 0 Å². The van der Waals surface area contributed by atoms with Crippen LogP contribution in [-0.2, 0) is 4.79 Å². The Morgan fingerprint density at radius 1 is 1.26 bits per heavy atom. The van der Waals surface area contributed by atoms with Crippen LogP contribution in [-0.4, -0.2) is 31.1 Å². The van der Waals surface area contributed by atoms with Gasteiger partial charge >= 0.3 is 5.97 Å². The van der Waals surface area contributed by atoms with E-state index in [1.165, 1.54) is 14.2 Å². The molecule has 0 saturated carbocycles. The van der Waals surface area contributed by atoms with Gasteiger partial charge in [0.2, 0.25) is 0 Å². The molecule has 0 saturated heterocycles. The second kappa shape index (κ2) is 6.22. The quantitative estimate of drug-likeness (QED) is 0.800. The Labute approximate surface area is 112 Å². The molecule has 19 heavy (non-hydrogen) atoms. The number of aliphatic carboxylic acids is 1. The molecular weight excluding hydrogens is 248 g/mol. The number of ketones is 1. The lowest BCUT2D eigenvalue weighted by atomic mass is 9.92. The van der Waals surface area contributed by atoms with Gasteiger partial charge in [-0.1, -0.05) is 6.92 Å². The smallest absolute Gasteiger partial charge is 0.304 e. The molecule has 0 heterocycles. The lowest BCUT2D eigenvalue weighted by Crippen LogP contribution is -2.17. The molecule has 0 amide bonds. The van der Waals surface area contributed by atoms with Gasteiger partial charge in [-0.15, -0.1) is 0 Å². The van der Waals surface area contributed by atoms with E-state index < -0.39 is 11.9 Å². The second-order valence-corrected chi connectivity index (χ2v) is 4.38. The van der Waals surface area contributed by atoms with Gasteiger partial charge < -0.3 is 14.6 Å². The molecule has 0 aliphatic carbocycles. The molecule has 0 aliphatic rings. The van der Waals surface area contributed by atoms with Crippen molar-refractivity contribution in [2.75, 3.05) is 14.2 Å². The van der Waals surface area contributed by atoms with E-state index in [1.807, 2.05) is 0 Å². The lowest BCUT2D eigenvalue weighted by Gasteiger charge is -2.15. The van der Waals surface area contributed by atoms with E-state index in [0.29, 0.717) is 22.6 Å². The fourth-order valence-electron chi connectivity index (χ4n) is 1.92. The van der Waals surface area contributed by atoms with Crippen molar-refractivity contribution in [1.82, 2.24) is 0 Å². The number of ether oxygens (including phenoxy) is 2. The van der Waals surface area contributed by atoms with Crippen molar-refractivity contribution in [3.63, 3.8) is 0 Å². The lowest BCUT2D eigenvalue weighted by molar-refractivity contribution is -0.137. The van der Waals surface area contributed by atoms with E-state index in [2.05, 4.69) is 0 Å². The van der Waals surface area contributed by atoms with E-state index in [0.717, 1.165) is 0 Å². The summed E-state index contributed by atoms with van der Waals surface area (Å²) in [5.41, 5.74) is 1.12. The Bertz CT molecular complexity index is 493. The van der Waals surface area contributed by atoms with E-state index in [1.54, 1.807) is 26.0 Å². The number of benzene rings is 1. The summed E-state index contributed by atoms with van der Waals surface area (Å²) in [6, 6.07) is 3.34. The highest BCUT2D eigenvalue weighted by Crippen LogP contribution is 2.30. The number of carbonyl (C=O) groups excluding carboxylic acids is 1. The number of Topliss-reactive ketones (excluding diaryl/α,β-unsaturated/α-hetero) is 1. The molecular formula is C14H18O5. The van der Waals surface area contributed by atoms with Crippen LogP contribution in [0, 0.1) is 12.8 Å². The summed E-state index contributed by atoms with van der Waals surface area (Å²) in [6.45, 7) is 3.37. The van der Waals surface area contributed by atoms with Gasteiger partial charge in [-0.25, -0.2) is 0 Å². The maximum atomic E-state index is 12.3. The van der Waals surface area contributed by atoms with E-state index in [4.69, 9.17) is 14.6 Å². The first-order valence-electron chi connectivity index (χ1n) is 5.89. The summed E-state index contributed by atoms with van der Waals surface area (Å²) in [5, 5.41) is 8.75. The van der Waals surface area contributed by atoms with Crippen molar-refractivity contribution in [3.8, 4) is 11.5 Å². The Morgan fingerprint density at radius 2 is 1.89 bits per heavy atom. The highest BCUT2D eigenvalue weighted by atomic mass is 16.5. The first-order valence-corrected chi connectivity index (χ1v) is 5.89. The number of hydrogen-bond acceptors (Lipinski definition) is 4. The highest BCUT2D eigenvalue weighted by Gasteiger charge is 2.23. The molecule has 1 aromatic rings. The van der Waals surface area contributed by atoms with Gasteiger partial charge in [0.05, 0.1) is 26.2 Å². The van der Waals surface area contributed by atoms with Crippen molar-refractivity contribution in [3.05, 3.63) is 23.3 Å². The van der Waals surface area contributed by atoms with Gasteiger partial charge in [-0.2, -0.15) is 0 Å². The van der Waals surface area contributed by atoms with E-state index >= 15 is 0 Å². The molecule has 0 radical (unpaired) electrons. The molecule has 104 valence electrons. The fourth-order valence-corrected chi connectivity index (χ4v) is 1.92. The van der Waals surface area contributed by atoms with Crippen LogP contribution in [0.5, 0.6) is 11.5 Å². The standard InChI is InChI=1S/C14H18O5/c1-8-5-10(18-3)7-11(19-4)13(8)14(17)9(2)6-12(15)16/h5,7,9H,6H2,1-4H3,(H,15,16). The zero-order valence-corrected chi connectivity index (χ0v) is 11.5. The highest BCUT2D eigenvalue weighted by molar-refractivity contribution is 6.02. The van der Waals surface area contributed by atoms with Crippen LogP contribution < -0.4 is 9.47 Å². The zero-order valence-electron chi connectivity index (χ0n) is 11.5. The molecule has 5 nitrogen and oxygen atoms in total. The van der Waals surface area contributed by atoms with Gasteiger partial charge in [0, 0.05) is 12.0 Å². The van der Waals surface area contributed by atoms with Gasteiger partial charge in [-0.05, 0) is 18.6 Å². The number of carbonyl (C=O) groups is 2. The Kier molecular flexibility index (Phi) is 4.92. The molecule has 1 rings (SSSR count). The molecule has 0 aliphatic heterocycles. The van der Waals surface area contributed by atoms with Crippen molar-refractivity contribution < 1.29 is 24.2 Å². The van der Waals surface area contributed by atoms with Gasteiger partial charge in [0.15, 0.2) is 5.78 Å². The minimum absolute atomic E-state index is 0.201. The molecule has 1 atom stereocenters. The van der Waals surface area contributed by atoms with Crippen molar-refractivity contribution in [2.45, 2.75) is 20.3 Å². The maximum absolute atomic E-state index is 12.3. The van der Waals surface area contributed by atoms with Crippen LogP contribution in [0.15, 0.2) is 12.1 Å². The topological polar surface area (TPSA) is 72.8 Å². The van der Waals surface area contributed by atoms with Crippen LogP contribution in [0.1, 0.15) is 29.3 Å². The van der Waals surface area contributed by atoms with Crippen LogP contribution in [0.4, 0.5) is 0 Å². The fraction of sp³-hybridized carbons (Fsp3) is 0.429. The predicted octanol–water partition coefficient (Wildman–Crippen LogP) is 2.31. The summed E-state index contributed by atoms with van der Waals surface area (Å²) in [7, 11) is 3.00. The number of carboxylic acid groups (broad SMARTS) is 1. The summed E-state index contributed by atoms with van der Waals surface area (Å²) >= 11 is 0. The van der Waals surface area contributed by atoms with Gasteiger partial charge in [0.25, 0.3) is 0 Å². The molecule has 1 N–H and O–H groups in total. The second-order valence-electron chi connectivity index (χ2n) is 4.38. The number of methoxy groups -OCH3 is 2. The maximum Gasteiger partial charge on any atom is 0.304 e. The SMILES string of the molecule is COc1cc(C)c(C(=O)C(C)CC(=O)O)c(OC)c1. The first-order chi connectivity index (χ1) is 8.90. The van der Waals surface area contributed by atoms with E-state index in [9.17, 15) is 9.59 Å². The third kappa shape index (κ3) is 3.47. The molecule has 5 heteroatoms. The minimum Gasteiger partial charge on any atom is -0.497 e. The third-order valence-corrected chi connectivity index (χ3v) is 2.90. The van der Waals surface area contributed by atoms with E-state index in [-0.39, 0.29) is 12.2 Å². The monoisotopic (exact) mass is 266 g/mol. The summed E-state index contributed by atoms with van der Waals surface area (Å²) in [4.78, 5) is 23.0. The van der Waals surface area contributed by atoms with Crippen molar-refractivity contribution in [2.24, 2.45) is 5.92 Å². The number of carboxylic acids is 1. The Hall–Kier alpha value is -2.04. The molecule has 1 aromatic carbocycles. The molecule has 0 bridgehead atoms. The molecule has 0 aromatic heterocycles. The third-order valence-electron chi connectivity index (χ3n) is 2.90. The Morgan fingerprint density at radius 3 is 2.37 bits per heavy atom. The Balaban J connectivity index is 3.18. The van der Waals surface area contributed by atoms with Gasteiger partial charge in [0.1, 0.15) is 11.5 Å². The molecule has 0 spiro atoms. The van der Waals surface area contributed by atoms with Crippen LogP contribution in [0.25, 0.3) is 0 Å². The normalized spacial score (nSPS) is 11.8.